The molecule has 6 nitrogen and oxygen atoms in total. The van der Waals surface area contributed by atoms with E-state index in [9.17, 15) is 22.8 Å². The van der Waals surface area contributed by atoms with Gasteiger partial charge in [0, 0.05) is 32.2 Å². The maximum Gasteiger partial charge on any atom is 0.417 e. The summed E-state index contributed by atoms with van der Waals surface area (Å²) in [6, 6.07) is 8.79. The molecule has 0 saturated carbocycles. The summed E-state index contributed by atoms with van der Waals surface area (Å²) in [4.78, 5) is 24.8. The SMILES string of the molecule is CC(=O)NCCN1C(=O)COc2ccc(NCc3ccc(Cl)c(C(F)(F)F)c3)cc21.Cl. The quantitative estimate of drug-likeness (QED) is 0.652. The van der Waals surface area contributed by atoms with Gasteiger partial charge in [0.2, 0.25) is 5.91 Å². The molecule has 2 aromatic carbocycles. The Hall–Kier alpha value is -2.65. The highest BCUT2D eigenvalue weighted by atomic mass is 35.5. The Bertz CT molecular complexity index is 970. The molecular weight excluding hydrogens is 458 g/mol. The second-order valence-corrected chi connectivity index (χ2v) is 7.07. The van der Waals surface area contributed by atoms with E-state index in [1.807, 2.05) is 0 Å². The van der Waals surface area contributed by atoms with Crippen LogP contribution in [0.15, 0.2) is 36.4 Å². The fourth-order valence-electron chi connectivity index (χ4n) is 3.00. The maximum atomic E-state index is 13.0. The Morgan fingerprint density at radius 2 is 1.97 bits per heavy atom. The number of nitrogens with one attached hydrogen (secondary N) is 2. The summed E-state index contributed by atoms with van der Waals surface area (Å²) in [5, 5.41) is 5.32. The minimum Gasteiger partial charge on any atom is -0.482 e. The van der Waals surface area contributed by atoms with Crippen LogP contribution in [-0.2, 0) is 22.3 Å². The molecule has 0 atom stereocenters. The minimum atomic E-state index is -4.54. The standard InChI is InChI=1S/C20H19ClF3N3O3.ClH/c1-12(28)25-6-7-27-17-9-14(3-5-18(17)30-11-19(27)29)26-10-13-2-4-16(21)15(8-13)20(22,23)24;/h2-5,8-9,26H,6-7,10-11H2,1H3,(H,25,28);1H. The lowest BCUT2D eigenvalue weighted by Gasteiger charge is -2.30. The van der Waals surface area contributed by atoms with Crippen molar-refractivity contribution in [2.75, 3.05) is 29.9 Å². The molecule has 0 saturated heterocycles. The molecule has 1 aliphatic heterocycles. The zero-order valence-corrected chi connectivity index (χ0v) is 18.0. The number of carbonyl (C=O) groups excluding carboxylic acids is 2. The third-order valence-corrected chi connectivity index (χ3v) is 4.77. The number of rotatable bonds is 6. The van der Waals surface area contributed by atoms with Crippen molar-refractivity contribution in [3.63, 3.8) is 0 Å². The number of alkyl halides is 3. The minimum absolute atomic E-state index is 0. The summed E-state index contributed by atoms with van der Waals surface area (Å²) in [5.41, 5.74) is 0.630. The average Bonchev–Trinajstić information content (AvgIpc) is 2.68. The van der Waals surface area contributed by atoms with Crippen LogP contribution in [0.2, 0.25) is 5.02 Å². The van der Waals surface area contributed by atoms with Crippen molar-refractivity contribution in [2.24, 2.45) is 0 Å². The maximum absolute atomic E-state index is 13.0. The van der Waals surface area contributed by atoms with E-state index in [1.54, 1.807) is 18.2 Å². The van der Waals surface area contributed by atoms with Gasteiger partial charge in [0.05, 0.1) is 16.3 Å². The van der Waals surface area contributed by atoms with Gasteiger partial charge >= 0.3 is 6.18 Å². The van der Waals surface area contributed by atoms with Crippen molar-refractivity contribution >= 4 is 47.2 Å². The van der Waals surface area contributed by atoms with Crippen LogP contribution in [0.3, 0.4) is 0 Å². The van der Waals surface area contributed by atoms with Gasteiger partial charge < -0.3 is 20.3 Å². The van der Waals surface area contributed by atoms with Crippen LogP contribution in [0.4, 0.5) is 24.5 Å². The average molecular weight is 478 g/mol. The van der Waals surface area contributed by atoms with Crippen molar-refractivity contribution in [3.8, 4) is 5.75 Å². The largest absolute Gasteiger partial charge is 0.482 e. The lowest BCUT2D eigenvalue weighted by Crippen LogP contribution is -2.43. The molecule has 31 heavy (non-hydrogen) atoms. The number of benzene rings is 2. The molecule has 168 valence electrons. The number of carbonyl (C=O) groups is 2. The molecule has 2 N–H and O–H groups in total. The predicted molar refractivity (Wildman–Crippen MR) is 114 cm³/mol. The van der Waals surface area contributed by atoms with Crippen LogP contribution in [0.25, 0.3) is 0 Å². The van der Waals surface area contributed by atoms with E-state index in [0.717, 1.165) is 6.07 Å². The highest BCUT2D eigenvalue weighted by Gasteiger charge is 2.33. The van der Waals surface area contributed by atoms with E-state index in [2.05, 4.69) is 10.6 Å². The van der Waals surface area contributed by atoms with E-state index >= 15 is 0 Å². The molecular formula is C20H20Cl2F3N3O3. The van der Waals surface area contributed by atoms with Crippen LogP contribution >= 0.6 is 24.0 Å². The van der Waals surface area contributed by atoms with Crippen molar-refractivity contribution in [2.45, 2.75) is 19.6 Å². The lowest BCUT2D eigenvalue weighted by molar-refractivity contribution is -0.137. The highest BCUT2D eigenvalue weighted by molar-refractivity contribution is 6.31. The second kappa shape index (κ2) is 10.1. The van der Waals surface area contributed by atoms with Gasteiger partial charge in [0.25, 0.3) is 5.91 Å². The Kier molecular flexibility index (Phi) is 8.02. The molecule has 0 aliphatic carbocycles. The van der Waals surface area contributed by atoms with Gasteiger partial charge in [-0.05, 0) is 35.9 Å². The Morgan fingerprint density at radius 3 is 2.65 bits per heavy atom. The first-order valence-corrected chi connectivity index (χ1v) is 9.44. The van der Waals surface area contributed by atoms with Crippen molar-refractivity contribution in [1.29, 1.82) is 0 Å². The summed E-state index contributed by atoms with van der Waals surface area (Å²) in [6.07, 6.45) is -4.54. The normalized spacial score (nSPS) is 13.1. The van der Waals surface area contributed by atoms with Gasteiger partial charge in [0.1, 0.15) is 5.75 Å². The number of fused-ring (bicyclic) bond motifs is 1. The van der Waals surface area contributed by atoms with Crippen molar-refractivity contribution in [3.05, 3.63) is 52.5 Å². The zero-order valence-electron chi connectivity index (χ0n) is 16.4. The molecule has 3 rings (SSSR count). The van der Waals surface area contributed by atoms with Gasteiger partial charge in [-0.2, -0.15) is 13.2 Å². The van der Waals surface area contributed by atoms with Crippen LogP contribution in [0, 0.1) is 0 Å². The molecule has 0 bridgehead atoms. The molecule has 0 radical (unpaired) electrons. The summed E-state index contributed by atoms with van der Waals surface area (Å²) in [6.45, 7) is 1.95. The van der Waals surface area contributed by atoms with Crippen molar-refractivity contribution < 1.29 is 27.5 Å². The fraction of sp³-hybridized carbons (Fsp3) is 0.300. The van der Waals surface area contributed by atoms with Gasteiger partial charge in [-0.15, -0.1) is 12.4 Å². The fourth-order valence-corrected chi connectivity index (χ4v) is 3.23. The molecule has 2 aromatic rings. The molecule has 1 heterocycles. The number of amides is 2. The van der Waals surface area contributed by atoms with Gasteiger partial charge in [-0.25, -0.2) is 0 Å². The number of hydrogen-bond donors (Lipinski definition) is 2. The molecule has 1 aliphatic rings. The highest BCUT2D eigenvalue weighted by Crippen LogP contribution is 2.36. The van der Waals surface area contributed by atoms with Crippen molar-refractivity contribution in [1.82, 2.24) is 5.32 Å². The first-order valence-electron chi connectivity index (χ1n) is 9.06. The Morgan fingerprint density at radius 1 is 1.23 bits per heavy atom. The van der Waals surface area contributed by atoms with Crippen LogP contribution in [0.5, 0.6) is 5.75 Å². The Labute approximate surface area is 188 Å². The monoisotopic (exact) mass is 477 g/mol. The third-order valence-electron chi connectivity index (χ3n) is 4.44. The molecule has 0 fully saturated rings. The second-order valence-electron chi connectivity index (χ2n) is 6.67. The van der Waals surface area contributed by atoms with E-state index in [-0.39, 0.29) is 55.5 Å². The number of nitrogens with zero attached hydrogens (tertiary/aromatic N) is 1. The third kappa shape index (κ3) is 6.18. The lowest BCUT2D eigenvalue weighted by atomic mass is 10.1. The van der Waals surface area contributed by atoms with Crippen LogP contribution in [-0.4, -0.2) is 31.5 Å². The van der Waals surface area contributed by atoms with E-state index in [0.29, 0.717) is 22.7 Å². The first-order chi connectivity index (χ1) is 14.1. The summed E-state index contributed by atoms with van der Waals surface area (Å²) < 4.78 is 44.5. The van der Waals surface area contributed by atoms with E-state index in [4.69, 9.17) is 16.3 Å². The number of halogens is 5. The molecule has 2 amide bonds. The van der Waals surface area contributed by atoms with Crippen LogP contribution < -0.4 is 20.3 Å². The number of hydrogen-bond acceptors (Lipinski definition) is 4. The van der Waals surface area contributed by atoms with Gasteiger partial charge in [0.15, 0.2) is 6.61 Å². The van der Waals surface area contributed by atoms with E-state index < -0.39 is 11.7 Å². The van der Waals surface area contributed by atoms with E-state index in [1.165, 1.54) is 24.0 Å². The first kappa shape index (κ1) is 24.6. The Balaban J connectivity index is 0.00000341. The van der Waals surface area contributed by atoms with Gasteiger partial charge in [-0.3, -0.25) is 9.59 Å². The molecule has 0 aromatic heterocycles. The van der Waals surface area contributed by atoms with Crippen LogP contribution in [0.1, 0.15) is 18.1 Å². The number of ether oxygens (including phenoxy) is 1. The zero-order chi connectivity index (χ0) is 21.9. The predicted octanol–water partition coefficient (Wildman–Crippen LogP) is 4.25. The molecule has 0 unspecified atom stereocenters. The molecule has 11 heteroatoms. The number of anilines is 2. The summed E-state index contributed by atoms with van der Waals surface area (Å²) >= 11 is 5.65. The topological polar surface area (TPSA) is 70.7 Å². The smallest absolute Gasteiger partial charge is 0.417 e. The summed E-state index contributed by atoms with van der Waals surface area (Å²) in [5.74, 6) is 0.0545. The summed E-state index contributed by atoms with van der Waals surface area (Å²) in [7, 11) is 0. The molecule has 0 spiro atoms. The van der Waals surface area contributed by atoms with Gasteiger partial charge in [-0.1, -0.05) is 17.7 Å².